The minimum absolute atomic E-state index is 0.176. The molecule has 0 unspecified atom stereocenters. The molecule has 1 saturated heterocycles. The van der Waals surface area contributed by atoms with Crippen LogP contribution in [0.3, 0.4) is 0 Å². The summed E-state index contributed by atoms with van der Waals surface area (Å²) in [6.45, 7) is 3.29. The van der Waals surface area contributed by atoms with Crippen molar-refractivity contribution < 1.29 is 9.53 Å². The Balaban J connectivity index is 1.74. The van der Waals surface area contributed by atoms with Gasteiger partial charge in [-0.25, -0.2) is 4.79 Å². The summed E-state index contributed by atoms with van der Waals surface area (Å²) in [5, 5.41) is 14.9. The zero-order chi connectivity index (χ0) is 14.7. The zero-order valence-corrected chi connectivity index (χ0v) is 11.9. The molecule has 3 rings (SSSR count). The number of hydrogen-bond donors (Lipinski definition) is 2. The van der Waals surface area contributed by atoms with Gasteiger partial charge in [0.1, 0.15) is 0 Å². The molecule has 1 aliphatic heterocycles. The standard InChI is InChI=1S/C15H18N4O2/c1-10-9-12-13(3-2-4-14(12)19-18-10)17-15(20)16-11-5-7-21-8-6-11/h2-4,9,11H,5-8H2,1H3,(H2,16,17,20). The fourth-order valence-corrected chi connectivity index (χ4v) is 2.46. The molecule has 0 radical (unpaired) electrons. The third-order valence-corrected chi connectivity index (χ3v) is 3.56. The lowest BCUT2D eigenvalue weighted by Crippen LogP contribution is -2.41. The Morgan fingerprint density at radius 2 is 2.10 bits per heavy atom. The van der Waals surface area contributed by atoms with Gasteiger partial charge in [0.25, 0.3) is 0 Å². The van der Waals surface area contributed by atoms with Crippen LogP contribution in [0.4, 0.5) is 10.5 Å². The Morgan fingerprint density at radius 1 is 1.29 bits per heavy atom. The van der Waals surface area contributed by atoms with Crippen LogP contribution in [-0.2, 0) is 4.74 Å². The van der Waals surface area contributed by atoms with Crippen LogP contribution < -0.4 is 10.6 Å². The number of amides is 2. The number of rotatable bonds is 2. The summed E-state index contributed by atoms with van der Waals surface area (Å²) < 4.78 is 5.28. The highest BCUT2D eigenvalue weighted by atomic mass is 16.5. The van der Waals surface area contributed by atoms with Crippen LogP contribution >= 0.6 is 0 Å². The number of aryl methyl sites for hydroxylation is 1. The molecule has 1 aromatic carbocycles. The van der Waals surface area contributed by atoms with Crippen molar-refractivity contribution in [1.82, 2.24) is 15.5 Å². The van der Waals surface area contributed by atoms with Gasteiger partial charge in [0.15, 0.2) is 0 Å². The quantitative estimate of drug-likeness (QED) is 0.887. The lowest BCUT2D eigenvalue weighted by Gasteiger charge is -2.23. The highest BCUT2D eigenvalue weighted by Gasteiger charge is 2.16. The summed E-state index contributed by atoms with van der Waals surface area (Å²) in [5.74, 6) is 0. The second-order valence-corrected chi connectivity index (χ2v) is 5.21. The molecule has 0 saturated carbocycles. The molecule has 2 heterocycles. The number of benzene rings is 1. The van der Waals surface area contributed by atoms with E-state index in [0.717, 1.165) is 35.1 Å². The zero-order valence-electron chi connectivity index (χ0n) is 11.9. The van der Waals surface area contributed by atoms with E-state index in [-0.39, 0.29) is 12.1 Å². The molecule has 21 heavy (non-hydrogen) atoms. The molecule has 1 aliphatic rings. The van der Waals surface area contributed by atoms with Gasteiger partial charge in [-0.05, 0) is 38.0 Å². The largest absolute Gasteiger partial charge is 0.381 e. The number of nitrogens with zero attached hydrogens (tertiary/aromatic N) is 2. The predicted octanol–water partition coefficient (Wildman–Crippen LogP) is 2.24. The van der Waals surface area contributed by atoms with Gasteiger partial charge in [-0.2, -0.15) is 10.2 Å². The van der Waals surface area contributed by atoms with E-state index in [1.54, 1.807) is 0 Å². The topological polar surface area (TPSA) is 76.1 Å². The monoisotopic (exact) mass is 286 g/mol. The Kier molecular flexibility index (Phi) is 3.96. The van der Waals surface area contributed by atoms with E-state index in [2.05, 4.69) is 20.8 Å². The number of urea groups is 1. The third kappa shape index (κ3) is 3.28. The molecule has 0 atom stereocenters. The molecule has 110 valence electrons. The summed E-state index contributed by atoms with van der Waals surface area (Å²) in [5.41, 5.74) is 2.33. The van der Waals surface area contributed by atoms with Crippen LogP contribution in [0.25, 0.3) is 10.9 Å². The number of anilines is 1. The molecular formula is C15H18N4O2. The minimum Gasteiger partial charge on any atom is -0.381 e. The van der Waals surface area contributed by atoms with Crippen molar-refractivity contribution in [2.75, 3.05) is 18.5 Å². The lowest BCUT2D eigenvalue weighted by atomic mass is 10.1. The first-order valence-corrected chi connectivity index (χ1v) is 7.11. The van der Waals surface area contributed by atoms with Gasteiger partial charge in [-0.15, -0.1) is 0 Å². The Hall–Kier alpha value is -2.21. The smallest absolute Gasteiger partial charge is 0.319 e. The molecule has 2 amide bonds. The number of ether oxygens (including phenoxy) is 1. The minimum atomic E-state index is -0.191. The molecule has 1 aromatic heterocycles. The van der Waals surface area contributed by atoms with Crippen LogP contribution in [0.2, 0.25) is 0 Å². The lowest BCUT2D eigenvalue weighted by molar-refractivity contribution is 0.0806. The highest BCUT2D eigenvalue weighted by molar-refractivity contribution is 6.00. The fourth-order valence-electron chi connectivity index (χ4n) is 2.46. The van der Waals surface area contributed by atoms with Gasteiger partial charge in [0, 0.05) is 24.6 Å². The molecule has 6 nitrogen and oxygen atoms in total. The van der Waals surface area contributed by atoms with Gasteiger partial charge in [0.2, 0.25) is 0 Å². The molecule has 6 heteroatoms. The van der Waals surface area contributed by atoms with Crippen molar-refractivity contribution >= 4 is 22.6 Å². The normalized spacial score (nSPS) is 15.9. The SMILES string of the molecule is Cc1cc2c(NC(=O)NC3CCOCC3)cccc2nn1. The second-order valence-electron chi connectivity index (χ2n) is 5.21. The summed E-state index contributed by atoms with van der Waals surface area (Å²) in [6.07, 6.45) is 1.71. The maximum absolute atomic E-state index is 12.1. The number of hydrogen-bond acceptors (Lipinski definition) is 4. The predicted molar refractivity (Wildman–Crippen MR) is 80.3 cm³/mol. The summed E-state index contributed by atoms with van der Waals surface area (Å²) in [7, 11) is 0. The van der Waals surface area contributed by atoms with Crippen molar-refractivity contribution in [3.8, 4) is 0 Å². The number of fused-ring (bicyclic) bond motifs is 1. The van der Waals surface area contributed by atoms with E-state index >= 15 is 0 Å². The van der Waals surface area contributed by atoms with Crippen LogP contribution in [0.5, 0.6) is 0 Å². The Bertz CT molecular complexity index is 653. The molecular weight excluding hydrogens is 268 g/mol. The fraction of sp³-hybridized carbons (Fsp3) is 0.400. The first-order valence-electron chi connectivity index (χ1n) is 7.11. The van der Waals surface area contributed by atoms with Crippen LogP contribution in [-0.4, -0.2) is 35.5 Å². The molecule has 0 spiro atoms. The first-order chi connectivity index (χ1) is 10.2. The van der Waals surface area contributed by atoms with Gasteiger partial charge >= 0.3 is 6.03 Å². The molecule has 2 aromatic rings. The Morgan fingerprint density at radius 3 is 2.90 bits per heavy atom. The summed E-state index contributed by atoms with van der Waals surface area (Å²) in [4.78, 5) is 12.1. The second kappa shape index (κ2) is 6.05. The summed E-state index contributed by atoms with van der Waals surface area (Å²) >= 11 is 0. The Labute approximate surface area is 122 Å². The molecule has 2 N–H and O–H groups in total. The molecule has 0 aliphatic carbocycles. The average Bonchev–Trinajstić information content (AvgIpc) is 2.49. The first kappa shape index (κ1) is 13.8. The maximum atomic E-state index is 12.1. The van der Waals surface area contributed by atoms with Gasteiger partial charge in [-0.1, -0.05) is 6.07 Å². The van der Waals surface area contributed by atoms with E-state index < -0.39 is 0 Å². The van der Waals surface area contributed by atoms with Crippen molar-refractivity contribution in [2.24, 2.45) is 0 Å². The van der Waals surface area contributed by atoms with E-state index in [0.29, 0.717) is 13.2 Å². The number of carbonyl (C=O) groups excluding carboxylic acids is 1. The summed E-state index contributed by atoms with van der Waals surface area (Å²) in [6, 6.07) is 7.51. The molecule has 1 fully saturated rings. The van der Waals surface area contributed by atoms with E-state index in [9.17, 15) is 4.79 Å². The van der Waals surface area contributed by atoms with Crippen molar-refractivity contribution in [3.63, 3.8) is 0 Å². The number of nitrogens with one attached hydrogen (secondary N) is 2. The van der Waals surface area contributed by atoms with E-state index in [4.69, 9.17) is 4.74 Å². The van der Waals surface area contributed by atoms with Crippen LogP contribution in [0.1, 0.15) is 18.5 Å². The van der Waals surface area contributed by atoms with Crippen LogP contribution in [0.15, 0.2) is 24.3 Å². The average molecular weight is 286 g/mol. The van der Waals surface area contributed by atoms with Gasteiger partial charge in [-0.3, -0.25) is 0 Å². The third-order valence-electron chi connectivity index (χ3n) is 3.56. The van der Waals surface area contributed by atoms with E-state index in [1.165, 1.54) is 0 Å². The molecule has 0 bridgehead atoms. The van der Waals surface area contributed by atoms with E-state index in [1.807, 2.05) is 31.2 Å². The van der Waals surface area contributed by atoms with Gasteiger partial charge < -0.3 is 15.4 Å². The number of aromatic nitrogens is 2. The van der Waals surface area contributed by atoms with Crippen molar-refractivity contribution in [2.45, 2.75) is 25.8 Å². The van der Waals surface area contributed by atoms with Crippen LogP contribution in [0, 0.1) is 6.92 Å². The number of carbonyl (C=O) groups is 1. The van der Waals surface area contributed by atoms with Gasteiger partial charge in [0.05, 0.1) is 16.9 Å². The van der Waals surface area contributed by atoms with Crippen molar-refractivity contribution in [1.29, 1.82) is 0 Å². The van der Waals surface area contributed by atoms with Crippen molar-refractivity contribution in [3.05, 3.63) is 30.0 Å². The maximum Gasteiger partial charge on any atom is 0.319 e. The highest BCUT2D eigenvalue weighted by Crippen LogP contribution is 2.21.